The molecule has 0 aliphatic rings. The van der Waals surface area contributed by atoms with Gasteiger partial charge in [-0.15, -0.1) is 0 Å². The van der Waals surface area contributed by atoms with Gasteiger partial charge in [0.1, 0.15) is 11.1 Å². The highest BCUT2D eigenvalue weighted by Gasteiger charge is 1.79. The van der Waals surface area contributed by atoms with Crippen LogP contribution in [0.5, 0.6) is 0 Å². The zero-order valence-corrected chi connectivity index (χ0v) is 7.93. The van der Waals surface area contributed by atoms with Crippen LogP contribution in [0, 0.1) is 11.1 Å². The van der Waals surface area contributed by atoms with Gasteiger partial charge in [-0.2, -0.15) is 0 Å². The summed E-state index contributed by atoms with van der Waals surface area (Å²) in [6.07, 6.45) is 0. The minimum Gasteiger partial charge on any atom is -0.481 e. The van der Waals surface area contributed by atoms with Gasteiger partial charge >= 0.3 is 0 Å². The van der Waals surface area contributed by atoms with E-state index in [0.29, 0.717) is 13.2 Å². The first kappa shape index (κ1) is 18.4. The van der Waals surface area contributed by atoms with Gasteiger partial charge in [0, 0.05) is 6.92 Å². The van der Waals surface area contributed by atoms with E-state index >= 15 is 0 Å². The molecule has 0 bridgehead atoms. The smallest absolute Gasteiger partial charge is 0.300 e. The van der Waals surface area contributed by atoms with E-state index in [2.05, 4.69) is 4.74 Å². The maximum Gasteiger partial charge on any atom is 0.300 e. The van der Waals surface area contributed by atoms with Crippen molar-refractivity contribution in [1.82, 2.24) is 4.91 Å². The first-order valence-corrected chi connectivity index (χ1v) is 3.58. The third-order valence-electron chi connectivity index (χ3n) is 0.471. The summed E-state index contributed by atoms with van der Waals surface area (Å²) in [6, 6.07) is 0. The molecule has 0 atom stereocenters. The summed E-state index contributed by atoms with van der Waals surface area (Å²) in [6.45, 7) is 1.78. The van der Waals surface area contributed by atoms with E-state index in [-0.39, 0.29) is 13.2 Å². The molecule has 0 heterocycles. The summed E-state index contributed by atoms with van der Waals surface area (Å²) < 4.78 is 4.63. The van der Waals surface area contributed by atoms with E-state index in [0.717, 1.165) is 6.92 Å². The van der Waals surface area contributed by atoms with Gasteiger partial charge < -0.3 is 20.1 Å². The van der Waals surface area contributed by atoms with Crippen LogP contribution in [0.2, 0.25) is 0 Å². The van der Waals surface area contributed by atoms with E-state index in [1.807, 2.05) is 4.91 Å². The molecule has 0 unspecified atom stereocenters. The number of carbonyl (C=O) groups is 1. The summed E-state index contributed by atoms with van der Waals surface area (Å²) in [7, 11) is 0. The summed E-state index contributed by atoms with van der Waals surface area (Å²) in [5, 5.41) is 23.6. The molecule has 0 fully saturated rings. The van der Waals surface area contributed by atoms with Crippen LogP contribution >= 0.6 is 0 Å². The van der Waals surface area contributed by atoms with Crippen molar-refractivity contribution in [3.8, 4) is 0 Å². The number of ether oxygens (including phenoxy) is 1. The van der Waals surface area contributed by atoms with E-state index in [9.17, 15) is 0 Å². The Balaban J connectivity index is -0.000000147. The van der Waals surface area contributed by atoms with Crippen LogP contribution in [0.3, 0.4) is 0 Å². The molecule has 0 rings (SSSR count). The number of hydrogen-bond donors (Lipinski definition) is 5. The van der Waals surface area contributed by atoms with Gasteiger partial charge in [0.05, 0.1) is 26.4 Å². The van der Waals surface area contributed by atoms with Crippen LogP contribution in [0.15, 0.2) is 0 Å². The van der Waals surface area contributed by atoms with Crippen molar-refractivity contribution < 1.29 is 24.9 Å². The number of aliphatic hydroxyl groups is 2. The summed E-state index contributed by atoms with van der Waals surface area (Å²) in [5.74, 6) is -0.833. The molecular formula is C6H16N3O5+. The molecule has 0 spiro atoms. The Morgan fingerprint density at radius 3 is 1.64 bits per heavy atom. The Bertz CT molecular complexity index is 138. The standard InChI is InChI=1S/C4H10O3.C2H4O2.H2N3/c5-1-3-7-4-2-6;1-2(3)4;1-3-2/h5-6H,1-4H2;1H3,(H,3,4);1-2H/q;;+1. The number of aliphatic carboxylic acids is 1. The van der Waals surface area contributed by atoms with Gasteiger partial charge in [-0.3, -0.25) is 4.79 Å². The summed E-state index contributed by atoms with van der Waals surface area (Å²) >= 11 is 0. The molecule has 0 aliphatic carbocycles. The maximum absolute atomic E-state index is 9.00. The quantitative estimate of drug-likeness (QED) is 0.234. The van der Waals surface area contributed by atoms with Crippen molar-refractivity contribution >= 4 is 5.97 Å². The first-order valence-electron chi connectivity index (χ1n) is 3.58. The van der Waals surface area contributed by atoms with E-state index in [4.69, 9.17) is 31.2 Å². The monoisotopic (exact) mass is 210 g/mol. The zero-order chi connectivity index (χ0) is 11.8. The second kappa shape index (κ2) is 22.6. The Labute approximate surface area is 81.2 Å². The molecule has 0 amide bonds. The SMILES string of the molecule is CC(=O)O.N=[N+]=N.OCCOCCO. The van der Waals surface area contributed by atoms with Crippen LogP contribution < -0.4 is 4.91 Å². The van der Waals surface area contributed by atoms with Gasteiger partial charge in [0.2, 0.25) is 4.91 Å². The van der Waals surface area contributed by atoms with Crippen LogP contribution in [0.1, 0.15) is 6.92 Å². The van der Waals surface area contributed by atoms with E-state index in [1.165, 1.54) is 0 Å². The highest BCUT2D eigenvalue weighted by Crippen LogP contribution is 1.68. The second-order valence-electron chi connectivity index (χ2n) is 1.69. The highest BCUT2D eigenvalue weighted by atomic mass is 16.5. The van der Waals surface area contributed by atoms with Crippen LogP contribution in [-0.4, -0.2) is 47.7 Å². The molecule has 0 saturated heterocycles. The fourth-order valence-electron chi connectivity index (χ4n) is 0.231. The van der Waals surface area contributed by atoms with Crippen molar-refractivity contribution in [1.29, 1.82) is 11.1 Å². The summed E-state index contributed by atoms with van der Waals surface area (Å²) in [5.41, 5.74) is 11.0. The molecule has 5 N–H and O–H groups in total. The number of aliphatic hydroxyl groups excluding tert-OH is 2. The van der Waals surface area contributed by atoms with Gasteiger partial charge in [0.15, 0.2) is 0 Å². The molecule has 14 heavy (non-hydrogen) atoms. The minimum absolute atomic E-state index is 0.0278. The van der Waals surface area contributed by atoms with E-state index < -0.39 is 5.97 Å². The lowest BCUT2D eigenvalue weighted by Crippen LogP contribution is -2.03. The predicted molar refractivity (Wildman–Crippen MR) is 45.9 cm³/mol. The predicted octanol–water partition coefficient (Wildman–Crippen LogP) is -0.806. The van der Waals surface area contributed by atoms with Crippen molar-refractivity contribution in [3.63, 3.8) is 0 Å². The second-order valence-corrected chi connectivity index (χ2v) is 1.69. The average Bonchev–Trinajstić information content (AvgIpc) is 2.06. The Kier molecular flexibility index (Phi) is 29.8. The van der Waals surface area contributed by atoms with Crippen molar-refractivity contribution in [2.75, 3.05) is 26.4 Å². The molecule has 8 heteroatoms. The number of rotatable bonds is 4. The Morgan fingerprint density at radius 2 is 1.50 bits per heavy atom. The number of carboxylic acid groups (broad SMARTS) is 1. The normalized spacial score (nSPS) is 7.07. The Hall–Kier alpha value is -1.34. The lowest BCUT2D eigenvalue weighted by atomic mass is 10.7. The van der Waals surface area contributed by atoms with Crippen molar-refractivity contribution in [2.45, 2.75) is 6.92 Å². The molecule has 0 radical (unpaired) electrons. The number of nitrogens with zero attached hydrogens (tertiary/aromatic N) is 1. The minimum atomic E-state index is -0.833. The average molecular weight is 210 g/mol. The lowest BCUT2D eigenvalue weighted by molar-refractivity contribution is -0.134. The van der Waals surface area contributed by atoms with E-state index in [1.54, 1.807) is 0 Å². The number of nitrogens with one attached hydrogen (secondary N) is 2. The Morgan fingerprint density at radius 1 is 1.29 bits per heavy atom. The largest absolute Gasteiger partial charge is 0.481 e. The molecule has 8 nitrogen and oxygen atoms in total. The fraction of sp³-hybridized carbons (Fsp3) is 0.833. The molecular weight excluding hydrogens is 194 g/mol. The first-order chi connectivity index (χ1) is 6.56. The van der Waals surface area contributed by atoms with Crippen molar-refractivity contribution in [3.05, 3.63) is 0 Å². The topological polar surface area (TPSA) is 149 Å². The van der Waals surface area contributed by atoms with Gasteiger partial charge in [-0.25, -0.2) is 0 Å². The number of hydrogen-bond acceptors (Lipinski definition) is 6. The third-order valence-corrected chi connectivity index (χ3v) is 0.471. The maximum atomic E-state index is 9.00. The fourth-order valence-corrected chi connectivity index (χ4v) is 0.231. The third kappa shape index (κ3) is 141. The van der Waals surface area contributed by atoms with Gasteiger partial charge in [-0.05, 0) is 0 Å². The molecule has 0 aromatic carbocycles. The highest BCUT2D eigenvalue weighted by molar-refractivity contribution is 5.62. The zero-order valence-electron chi connectivity index (χ0n) is 7.93. The molecule has 0 aromatic heterocycles. The van der Waals surface area contributed by atoms with Crippen LogP contribution in [0.25, 0.3) is 0 Å². The molecule has 84 valence electrons. The molecule has 0 aromatic rings. The lowest BCUT2D eigenvalue weighted by Gasteiger charge is -1.94. The van der Waals surface area contributed by atoms with Crippen LogP contribution in [0.4, 0.5) is 0 Å². The number of carboxylic acids is 1. The molecule has 0 aliphatic heterocycles. The van der Waals surface area contributed by atoms with Gasteiger partial charge in [-0.1, -0.05) is 0 Å². The molecule has 0 saturated carbocycles. The van der Waals surface area contributed by atoms with Crippen LogP contribution in [-0.2, 0) is 9.53 Å². The summed E-state index contributed by atoms with van der Waals surface area (Å²) in [4.78, 5) is 11.0. The van der Waals surface area contributed by atoms with Crippen molar-refractivity contribution in [2.24, 2.45) is 0 Å². The van der Waals surface area contributed by atoms with Gasteiger partial charge in [0.25, 0.3) is 5.97 Å².